The van der Waals surface area contributed by atoms with Gasteiger partial charge in [0.05, 0.1) is 13.2 Å². The zero-order valence-electron chi connectivity index (χ0n) is 9.11. The second kappa shape index (κ2) is 4.60. The topological polar surface area (TPSA) is 38.5 Å². The predicted octanol–water partition coefficient (Wildman–Crippen LogP) is 0.835. The van der Waals surface area contributed by atoms with Crippen LogP contribution in [0.4, 0.5) is 0 Å². The largest absolute Gasteiger partial charge is 0.378 e. The molecule has 2 fully saturated rings. The molecule has 1 saturated carbocycles. The zero-order chi connectivity index (χ0) is 9.97. The van der Waals surface area contributed by atoms with E-state index in [1.807, 2.05) is 0 Å². The van der Waals surface area contributed by atoms with Crippen molar-refractivity contribution in [3.63, 3.8) is 0 Å². The van der Waals surface area contributed by atoms with Crippen LogP contribution in [0.2, 0.25) is 0 Å². The smallest absolute Gasteiger partial charge is 0.0622 e. The molecule has 0 spiro atoms. The van der Waals surface area contributed by atoms with E-state index < -0.39 is 0 Å². The Morgan fingerprint density at radius 3 is 2.86 bits per heavy atom. The molecule has 3 heteroatoms. The summed E-state index contributed by atoms with van der Waals surface area (Å²) in [5.41, 5.74) is 5.76. The van der Waals surface area contributed by atoms with Crippen LogP contribution in [-0.2, 0) is 4.74 Å². The highest BCUT2D eigenvalue weighted by atomic mass is 16.5. The fraction of sp³-hybridized carbons (Fsp3) is 1.00. The molecule has 3 nitrogen and oxygen atoms in total. The summed E-state index contributed by atoms with van der Waals surface area (Å²) in [6, 6.07) is 1.40. The highest BCUT2D eigenvalue weighted by Gasteiger charge is 2.38. The molecular formula is C11H22N2O. The zero-order valence-corrected chi connectivity index (χ0v) is 9.11. The van der Waals surface area contributed by atoms with Gasteiger partial charge >= 0.3 is 0 Å². The maximum Gasteiger partial charge on any atom is 0.0622 e. The Hall–Kier alpha value is -0.120. The van der Waals surface area contributed by atoms with Gasteiger partial charge in [0.2, 0.25) is 0 Å². The summed E-state index contributed by atoms with van der Waals surface area (Å²) in [4.78, 5) is 2.64. The van der Waals surface area contributed by atoms with Crippen molar-refractivity contribution in [1.29, 1.82) is 0 Å². The first-order valence-electron chi connectivity index (χ1n) is 5.90. The third-order valence-electron chi connectivity index (χ3n) is 3.85. The first kappa shape index (κ1) is 10.4. The van der Waals surface area contributed by atoms with E-state index in [9.17, 15) is 0 Å². The lowest BCUT2D eigenvalue weighted by Crippen LogP contribution is -2.57. The van der Waals surface area contributed by atoms with Crippen LogP contribution in [0.1, 0.15) is 26.2 Å². The Balaban J connectivity index is 1.93. The summed E-state index contributed by atoms with van der Waals surface area (Å²) in [5, 5.41) is 0. The number of ether oxygens (including phenoxy) is 1. The van der Waals surface area contributed by atoms with Crippen molar-refractivity contribution >= 4 is 0 Å². The van der Waals surface area contributed by atoms with E-state index in [2.05, 4.69) is 11.8 Å². The summed E-state index contributed by atoms with van der Waals surface area (Å²) in [6.45, 7) is 6.05. The molecule has 0 bridgehead atoms. The number of rotatable bonds is 3. The number of morpholine rings is 1. The van der Waals surface area contributed by atoms with E-state index in [1.165, 1.54) is 19.3 Å². The molecule has 82 valence electrons. The first-order chi connectivity index (χ1) is 6.86. The van der Waals surface area contributed by atoms with E-state index >= 15 is 0 Å². The van der Waals surface area contributed by atoms with Crippen LogP contribution in [-0.4, -0.2) is 43.3 Å². The van der Waals surface area contributed by atoms with Crippen LogP contribution in [0.5, 0.6) is 0 Å². The minimum Gasteiger partial charge on any atom is -0.378 e. The standard InChI is InChI=1S/C11H22N2O/c1-2-10-8-14-6-5-13(10)11-4-3-9(11)7-12/h9-11H,2-8,12H2,1H3. The Kier molecular flexibility index (Phi) is 3.42. The van der Waals surface area contributed by atoms with Crippen LogP contribution in [0.3, 0.4) is 0 Å². The lowest BCUT2D eigenvalue weighted by molar-refractivity contribution is -0.0644. The van der Waals surface area contributed by atoms with Crippen molar-refractivity contribution in [3.8, 4) is 0 Å². The lowest BCUT2D eigenvalue weighted by Gasteiger charge is -2.49. The van der Waals surface area contributed by atoms with Gasteiger partial charge in [0.1, 0.15) is 0 Å². The first-order valence-corrected chi connectivity index (χ1v) is 5.90. The molecule has 2 rings (SSSR count). The van der Waals surface area contributed by atoms with Crippen molar-refractivity contribution in [2.45, 2.75) is 38.3 Å². The van der Waals surface area contributed by atoms with Crippen LogP contribution >= 0.6 is 0 Å². The summed E-state index contributed by atoms with van der Waals surface area (Å²) in [6.07, 6.45) is 3.88. The average Bonchev–Trinajstić information content (AvgIpc) is 2.18. The predicted molar refractivity (Wildman–Crippen MR) is 57.2 cm³/mol. The number of nitrogens with zero attached hydrogens (tertiary/aromatic N) is 1. The minimum absolute atomic E-state index is 0.642. The van der Waals surface area contributed by atoms with E-state index in [1.54, 1.807) is 0 Å². The van der Waals surface area contributed by atoms with Crippen LogP contribution in [0, 0.1) is 5.92 Å². The molecule has 0 aromatic heterocycles. The van der Waals surface area contributed by atoms with Gasteiger partial charge in [-0.05, 0) is 31.7 Å². The number of hydrogen-bond acceptors (Lipinski definition) is 3. The summed E-state index contributed by atoms with van der Waals surface area (Å²) in [5.74, 6) is 0.752. The van der Waals surface area contributed by atoms with Gasteiger partial charge in [-0.25, -0.2) is 0 Å². The number of nitrogens with two attached hydrogens (primary N) is 1. The Morgan fingerprint density at radius 1 is 1.43 bits per heavy atom. The van der Waals surface area contributed by atoms with Crippen LogP contribution < -0.4 is 5.73 Å². The van der Waals surface area contributed by atoms with Crippen LogP contribution in [0.25, 0.3) is 0 Å². The van der Waals surface area contributed by atoms with E-state index in [-0.39, 0.29) is 0 Å². The average molecular weight is 198 g/mol. The third kappa shape index (κ3) is 1.81. The quantitative estimate of drug-likeness (QED) is 0.730. The van der Waals surface area contributed by atoms with Crippen molar-refractivity contribution in [2.75, 3.05) is 26.3 Å². The van der Waals surface area contributed by atoms with Gasteiger partial charge in [0.15, 0.2) is 0 Å². The van der Waals surface area contributed by atoms with Crippen molar-refractivity contribution < 1.29 is 4.74 Å². The van der Waals surface area contributed by atoms with Crippen molar-refractivity contribution in [2.24, 2.45) is 11.7 Å². The van der Waals surface area contributed by atoms with Crippen molar-refractivity contribution in [3.05, 3.63) is 0 Å². The van der Waals surface area contributed by atoms with Gasteiger partial charge in [0, 0.05) is 18.6 Å². The van der Waals surface area contributed by atoms with Gasteiger partial charge < -0.3 is 10.5 Å². The van der Waals surface area contributed by atoms with Gasteiger partial charge in [-0.3, -0.25) is 4.90 Å². The molecule has 2 N–H and O–H groups in total. The Bertz CT molecular complexity index is 184. The SMILES string of the molecule is CCC1COCCN1C1CCC1CN. The lowest BCUT2D eigenvalue weighted by atomic mass is 9.77. The second-order valence-electron chi connectivity index (χ2n) is 4.52. The van der Waals surface area contributed by atoms with E-state index in [0.717, 1.165) is 38.3 Å². The molecule has 0 amide bonds. The summed E-state index contributed by atoms with van der Waals surface area (Å²) >= 11 is 0. The molecule has 2 aliphatic rings. The molecule has 1 aliphatic carbocycles. The molecule has 1 heterocycles. The number of hydrogen-bond donors (Lipinski definition) is 1. The normalized spacial score (nSPS) is 39.4. The van der Waals surface area contributed by atoms with Gasteiger partial charge in [-0.15, -0.1) is 0 Å². The second-order valence-corrected chi connectivity index (χ2v) is 4.52. The monoisotopic (exact) mass is 198 g/mol. The fourth-order valence-electron chi connectivity index (χ4n) is 2.72. The molecule has 1 saturated heterocycles. The third-order valence-corrected chi connectivity index (χ3v) is 3.85. The molecule has 3 unspecified atom stereocenters. The molecule has 14 heavy (non-hydrogen) atoms. The maximum absolute atomic E-state index is 5.76. The summed E-state index contributed by atoms with van der Waals surface area (Å²) < 4.78 is 5.52. The maximum atomic E-state index is 5.76. The van der Waals surface area contributed by atoms with Gasteiger partial charge in [-0.1, -0.05) is 6.92 Å². The van der Waals surface area contributed by atoms with Crippen LogP contribution in [0.15, 0.2) is 0 Å². The van der Waals surface area contributed by atoms with E-state index in [4.69, 9.17) is 10.5 Å². The van der Waals surface area contributed by atoms with Gasteiger partial charge in [0.25, 0.3) is 0 Å². The summed E-state index contributed by atoms with van der Waals surface area (Å²) in [7, 11) is 0. The Labute approximate surface area is 86.6 Å². The molecular weight excluding hydrogens is 176 g/mol. The highest BCUT2D eigenvalue weighted by Crippen LogP contribution is 2.33. The van der Waals surface area contributed by atoms with Crippen molar-refractivity contribution in [1.82, 2.24) is 4.90 Å². The van der Waals surface area contributed by atoms with E-state index in [0.29, 0.717) is 6.04 Å². The van der Waals surface area contributed by atoms with Gasteiger partial charge in [-0.2, -0.15) is 0 Å². The highest BCUT2D eigenvalue weighted by molar-refractivity contribution is 4.92. The molecule has 0 aromatic rings. The molecule has 3 atom stereocenters. The Morgan fingerprint density at radius 2 is 2.29 bits per heavy atom. The minimum atomic E-state index is 0.642. The molecule has 0 aromatic carbocycles. The fourth-order valence-corrected chi connectivity index (χ4v) is 2.72. The molecule has 1 aliphatic heterocycles. The molecule has 0 radical (unpaired) electrons.